The molecule has 192 valence electrons. The molecule has 8 nitrogen and oxygen atoms in total. The SMILES string of the molecule is O=C(N[C@H]1CCCC[C@H]1NC(=O)c1nc2c(s1)CN(c1ccncc1)CC2)C1=CC2C=C(Cl)C=CC2N1. The monoisotopic (exact) mass is 536 g/mol. The summed E-state index contributed by atoms with van der Waals surface area (Å²) in [6.45, 7) is 1.61. The van der Waals surface area contributed by atoms with Gasteiger partial charge in [0.05, 0.1) is 24.0 Å². The Morgan fingerprint density at radius 1 is 1.08 bits per heavy atom. The third kappa shape index (κ3) is 5.15. The molecule has 0 aromatic carbocycles. The van der Waals surface area contributed by atoms with Crippen LogP contribution in [0.1, 0.15) is 46.1 Å². The van der Waals surface area contributed by atoms with Crippen LogP contribution in [0.3, 0.4) is 0 Å². The highest BCUT2D eigenvalue weighted by Crippen LogP contribution is 2.30. The number of aromatic nitrogens is 2. The number of allylic oxidation sites excluding steroid dienone is 2. The first kappa shape index (κ1) is 24.2. The zero-order valence-electron chi connectivity index (χ0n) is 20.3. The largest absolute Gasteiger partial charge is 0.374 e. The molecule has 0 bridgehead atoms. The summed E-state index contributed by atoms with van der Waals surface area (Å²) in [5, 5.41) is 10.8. The molecule has 2 aliphatic carbocycles. The van der Waals surface area contributed by atoms with E-state index in [0.29, 0.717) is 15.7 Å². The normalized spacial score (nSPS) is 26.4. The molecular weight excluding hydrogens is 508 g/mol. The van der Waals surface area contributed by atoms with Gasteiger partial charge in [0.15, 0.2) is 5.01 Å². The van der Waals surface area contributed by atoms with Crippen LogP contribution in [0.25, 0.3) is 0 Å². The molecule has 2 aromatic heterocycles. The number of nitrogens with one attached hydrogen (secondary N) is 3. The topological polar surface area (TPSA) is 99.2 Å². The number of hydrogen-bond acceptors (Lipinski definition) is 7. The Bertz CT molecular complexity index is 1290. The van der Waals surface area contributed by atoms with Gasteiger partial charge >= 0.3 is 0 Å². The number of amides is 2. The summed E-state index contributed by atoms with van der Waals surface area (Å²) in [7, 11) is 0. The second-order valence-corrected chi connectivity index (χ2v) is 11.5. The summed E-state index contributed by atoms with van der Waals surface area (Å²) in [6.07, 6.45) is 15.8. The van der Waals surface area contributed by atoms with E-state index < -0.39 is 0 Å². The molecule has 2 aliphatic heterocycles. The predicted octanol–water partition coefficient (Wildman–Crippen LogP) is 3.42. The number of rotatable bonds is 5. The molecule has 1 saturated carbocycles. The van der Waals surface area contributed by atoms with E-state index in [9.17, 15) is 9.59 Å². The number of halogens is 1. The van der Waals surface area contributed by atoms with Crippen LogP contribution in [0.5, 0.6) is 0 Å². The average molecular weight is 537 g/mol. The van der Waals surface area contributed by atoms with E-state index in [1.54, 1.807) is 12.4 Å². The molecule has 4 atom stereocenters. The Morgan fingerprint density at radius 2 is 1.84 bits per heavy atom. The number of carbonyl (C=O) groups is 2. The van der Waals surface area contributed by atoms with E-state index in [-0.39, 0.29) is 35.9 Å². The number of anilines is 1. The van der Waals surface area contributed by atoms with Crippen LogP contribution in [0, 0.1) is 5.92 Å². The first-order valence-corrected chi connectivity index (χ1v) is 14.0. The zero-order valence-corrected chi connectivity index (χ0v) is 21.9. The minimum atomic E-state index is -0.157. The number of fused-ring (bicyclic) bond motifs is 2. The molecule has 2 aromatic rings. The lowest BCUT2D eigenvalue weighted by Crippen LogP contribution is -2.54. The third-order valence-corrected chi connectivity index (χ3v) is 8.84. The van der Waals surface area contributed by atoms with Crippen molar-refractivity contribution in [2.24, 2.45) is 5.92 Å². The first-order chi connectivity index (χ1) is 18.0. The van der Waals surface area contributed by atoms with E-state index in [1.165, 1.54) is 11.3 Å². The molecule has 6 rings (SSSR count). The van der Waals surface area contributed by atoms with Crippen LogP contribution in [-0.2, 0) is 17.8 Å². The van der Waals surface area contributed by atoms with E-state index in [0.717, 1.165) is 61.5 Å². The second-order valence-electron chi connectivity index (χ2n) is 9.95. The average Bonchev–Trinajstić information content (AvgIpc) is 3.54. The van der Waals surface area contributed by atoms with Crippen LogP contribution < -0.4 is 20.9 Å². The minimum absolute atomic E-state index is 0.0514. The maximum absolute atomic E-state index is 13.2. The molecule has 3 N–H and O–H groups in total. The summed E-state index contributed by atoms with van der Waals surface area (Å²) in [5.41, 5.74) is 2.70. The van der Waals surface area contributed by atoms with Gasteiger partial charge in [-0.25, -0.2) is 4.98 Å². The summed E-state index contributed by atoms with van der Waals surface area (Å²) in [4.78, 5) is 38.5. The number of hydrogen-bond donors (Lipinski definition) is 3. The number of pyridine rings is 1. The van der Waals surface area contributed by atoms with Gasteiger partial charge < -0.3 is 20.9 Å². The highest BCUT2D eigenvalue weighted by atomic mass is 35.5. The quantitative estimate of drug-likeness (QED) is 0.541. The van der Waals surface area contributed by atoms with Crippen molar-refractivity contribution in [3.8, 4) is 0 Å². The van der Waals surface area contributed by atoms with Gasteiger partial charge in [-0.1, -0.05) is 36.6 Å². The van der Waals surface area contributed by atoms with Gasteiger partial charge in [-0.3, -0.25) is 14.6 Å². The summed E-state index contributed by atoms with van der Waals surface area (Å²) >= 11 is 7.59. The van der Waals surface area contributed by atoms with Crippen molar-refractivity contribution in [1.82, 2.24) is 25.9 Å². The highest BCUT2D eigenvalue weighted by Gasteiger charge is 2.33. The molecule has 10 heteroatoms. The third-order valence-electron chi connectivity index (χ3n) is 7.51. The lowest BCUT2D eigenvalue weighted by molar-refractivity contribution is -0.118. The van der Waals surface area contributed by atoms with Crippen molar-refractivity contribution in [2.75, 3.05) is 11.4 Å². The van der Waals surface area contributed by atoms with E-state index in [4.69, 9.17) is 11.6 Å². The lowest BCUT2D eigenvalue weighted by Gasteiger charge is -2.32. The Morgan fingerprint density at radius 3 is 2.62 bits per heavy atom. The maximum atomic E-state index is 13.2. The Kier molecular flexibility index (Phi) is 6.73. The van der Waals surface area contributed by atoms with E-state index in [2.05, 4.69) is 30.8 Å². The van der Waals surface area contributed by atoms with Crippen LogP contribution in [0.4, 0.5) is 5.69 Å². The number of nitrogens with zero attached hydrogens (tertiary/aromatic N) is 3. The molecule has 4 aliphatic rings. The van der Waals surface area contributed by atoms with Gasteiger partial charge in [0.1, 0.15) is 0 Å². The van der Waals surface area contributed by atoms with Crippen LogP contribution >= 0.6 is 22.9 Å². The van der Waals surface area contributed by atoms with Crippen molar-refractivity contribution in [1.29, 1.82) is 0 Å². The van der Waals surface area contributed by atoms with Crippen molar-refractivity contribution in [2.45, 2.75) is 56.8 Å². The van der Waals surface area contributed by atoms with E-state index >= 15 is 0 Å². The molecule has 0 saturated heterocycles. The smallest absolute Gasteiger partial charge is 0.280 e. The van der Waals surface area contributed by atoms with Gasteiger partial charge in [-0.2, -0.15) is 0 Å². The standard InChI is InChI=1S/C27H29ClN6O2S/c28-17-5-6-19-16(13-17)14-23(30-19)25(35)31-20-3-1-2-4-21(20)32-26(36)27-33-22-9-12-34(15-24(22)37-27)18-7-10-29-11-8-18/h5-8,10-11,13-14,16,19-21,30H,1-4,9,12,15H2,(H,31,35)(H,32,36)/t16?,19?,20-,21+/m0/s1. The highest BCUT2D eigenvalue weighted by molar-refractivity contribution is 7.13. The number of thiazole rings is 1. The molecule has 2 amide bonds. The Hall–Kier alpha value is -3.17. The lowest BCUT2D eigenvalue weighted by atomic mass is 9.90. The summed E-state index contributed by atoms with van der Waals surface area (Å²) in [6, 6.07) is 3.81. The van der Waals surface area contributed by atoms with Gasteiger partial charge in [-0.05, 0) is 37.1 Å². The van der Waals surface area contributed by atoms with Crippen LogP contribution in [0.15, 0.2) is 59.6 Å². The van der Waals surface area contributed by atoms with Crippen molar-refractivity contribution < 1.29 is 9.59 Å². The van der Waals surface area contributed by atoms with Crippen LogP contribution in [-0.4, -0.2) is 46.5 Å². The van der Waals surface area contributed by atoms with Crippen molar-refractivity contribution >= 4 is 40.4 Å². The molecule has 0 spiro atoms. The molecule has 1 fully saturated rings. The minimum Gasteiger partial charge on any atom is -0.374 e. The first-order valence-electron chi connectivity index (χ1n) is 12.8. The van der Waals surface area contributed by atoms with Gasteiger partial charge in [0.2, 0.25) is 0 Å². The summed E-state index contributed by atoms with van der Waals surface area (Å²) < 4.78 is 0. The zero-order chi connectivity index (χ0) is 25.4. The second kappa shape index (κ2) is 10.3. The molecule has 37 heavy (non-hydrogen) atoms. The van der Waals surface area contributed by atoms with Gasteiger partial charge in [0.25, 0.3) is 11.8 Å². The fourth-order valence-electron chi connectivity index (χ4n) is 5.54. The number of carbonyl (C=O) groups excluding carboxylic acids is 2. The molecule has 2 unspecified atom stereocenters. The predicted molar refractivity (Wildman–Crippen MR) is 144 cm³/mol. The van der Waals surface area contributed by atoms with Gasteiger partial charge in [0, 0.05) is 59.0 Å². The van der Waals surface area contributed by atoms with Crippen molar-refractivity contribution in [3.63, 3.8) is 0 Å². The summed E-state index contributed by atoms with van der Waals surface area (Å²) in [5.74, 6) is -0.222. The van der Waals surface area contributed by atoms with Crippen LogP contribution in [0.2, 0.25) is 0 Å². The maximum Gasteiger partial charge on any atom is 0.280 e. The fourth-order valence-corrected chi connectivity index (χ4v) is 6.79. The van der Waals surface area contributed by atoms with E-state index in [1.807, 2.05) is 36.4 Å². The molecule has 0 radical (unpaired) electrons. The molecule has 4 heterocycles. The molecular formula is C27H29ClN6O2S. The van der Waals surface area contributed by atoms with Gasteiger partial charge in [-0.15, -0.1) is 11.3 Å². The van der Waals surface area contributed by atoms with Crippen molar-refractivity contribution in [3.05, 3.63) is 75.1 Å². The Balaban J connectivity index is 1.09. The Labute approximate surface area is 224 Å². The fraction of sp³-hybridized carbons (Fsp3) is 0.407.